The zero-order valence-electron chi connectivity index (χ0n) is 10.2. The van der Waals surface area contributed by atoms with Gasteiger partial charge in [-0.15, -0.1) is 0 Å². The van der Waals surface area contributed by atoms with Gasteiger partial charge in [0.05, 0.1) is 12.5 Å². The van der Waals surface area contributed by atoms with Crippen LogP contribution in [-0.4, -0.2) is 55.1 Å². The molecule has 0 N–H and O–H groups in total. The van der Waals surface area contributed by atoms with Crippen molar-refractivity contribution in [2.24, 2.45) is 0 Å². The van der Waals surface area contributed by atoms with E-state index in [0.29, 0.717) is 19.5 Å². The Bertz CT molecular complexity index is 536. The first-order valence-corrected chi connectivity index (χ1v) is 7.38. The molecule has 1 aliphatic heterocycles. The third-order valence-corrected chi connectivity index (χ3v) is 4.49. The average molecular weight is 274 g/mol. The number of anilines is 1. The van der Waals surface area contributed by atoms with E-state index in [0.717, 1.165) is 6.20 Å². The highest BCUT2D eigenvalue weighted by Gasteiger charge is 2.31. The van der Waals surface area contributed by atoms with Crippen LogP contribution >= 0.6 is 0 Å². The van der Waals surface area contributed by atoms with E-state index in [-0.39, 0.29) is 11.9 Å². The minimum Gasteiger partial charge on any atom is -0.352 e. The van der Waals surface area contributed by atoms with Gasteiger partial charge in [0.2, 0.25) is 10.0 Å². The molecule has 0 bridgehead atoms. The Morgan fingerprint density at radius 2 is 2.28 bits per heavy atom. The van der Waals surface area contributed by atoms with Crippen LogP contribution in [0, 0.1) is 5.82 Å². The summed E-state index contributed by atoms with van der Waals surface area (Å²) in [5.74, 6) is -0.255. The zero-order valence-corrected chi connectivity index (χ0v) is 11.1. The Kier molecular flexibility index (Phi) is 3.49. The van der Waals surface area contributed by atoms with Crippen LogP contribution < -0.4 is 4.90 Å². The summed E-state index contributed by atoms with van der Waals surface area (Å²) in [5, 5.41) is 0. The predicted molar refractivity (Wildman–Crippen MR) is 65.2 cm³/mol. The highest BCUT2D eigenvalue weighted by atomic mass is 32.2. The summed E-state index contributed by atoms with van der Waals surface area (Å²) in [6.45, 7) is 1.02. The van der Waals surface area contributed by atoms with E-state index >= 15 is 0 Å². The number of hydrogen-bond acceptors (Lipinski definition) is 5. The first kappa shape index (κ1) is 13.2. The number of sulfonamides is 1. The predicted octanol–water partition coefficient (Wildman–Crippen LogP) is 0.0858. The Morgan fingerprint density at radius 3 is 2.89 bits per heavy atom. The smallest absolute Gasteiger partial charge is 0.211 e. The second-order valence-electron chi connectivity index (χ2n) is 4.36. The van der Waals surface area contributed by atoms with Gasteiger partial charge in [-0.2, -0.15) is 0 Å². The van der Waals surface area contributed by atoms with Crippen molar-refractivity contribution in [2.45, 2.75) is 12.5 Å². The molecule has 2 heterocycles. The minimum atomic E-state index is -3.22. The van der Waals surface area contributed by atoms with E-state index in [1.54, 1.807) is 11.9 Å². The second-order valence-corrected chi connectivity index (χ2v) is 6.40. The highest BCUT2D eigenvalue weighted by molar-refractivity contribution is 7.88. The molecule has 1 unspecified atom stereocenters. The van der Waals surface area contributed by atoms with Crippen LogP contribution in [0.25, 0.3) is 0 Å². The molecule has 0 saturated carbocycles. The molecule has 18 heavy (non-hydrogen) atoms. The van der Waals surface area contributed by atoms with Gasteiger partial charge >= 0.3 is 0 Å². The van der Waals surface area contributed by atoms with Gasteiger partial charge < -0.3 is 4.90 Å². The Balaban J connectivity index is 2.12. The first-order valence-electron chi connectivity index (χ1n) is 5.53. The molecular weight excluding hydrogens is 259 g/mol. The molecule has 0 amide bonds. The lowest BCUT2D eigenvalue weighted by Gasteiger charge is -2.22. The van der Waals surface area contributed by atoms with Crippen LogP contribution in [-0.2, 0) is 10.0 Å². The molecule has 0 aromatic carbocycles. The number of halogens is 1. The van der Waals surface area contributed by atoms with Gasteiger partial charge in [0.1, 0.15) is 6.33 Å². The SMILES string of the molecule is CN(C1CCN(c2ncncc2F)C1)S(C)(=O)=O. The van der Waals surface area contributed by atoms with Crippen molar-refractivity contribution in [1.29, 1.82) is 0 Å². The van der Waals surface area contributed by atoms with Crippen LogP contribution in [0.3, 0.4) is 0 Å². The van der Waals surface area contributed by atoms with Crippen molar-refractivity contribution in [3.05, 3.63) is 18.3 Å². The Hall–Kier alpha value is -1.28. The molecule has 100 valence electrons. The summed E-state index contributed by atoms with van der Waals surface area (Å²) >= 11 is 0. The van der Waals surface area contributed by atoms with E-state index in [4.69, 9.17) is 0 Å². The van der Waals surface area contributed by atoms with E-state index in [1.165, 1.54) is 16.9 Å². The number of nitrogens with zero attached hydrogens (tertiary/aromatic N) is 4. The third kappa shape index (κ3) is 2.59. The lowest BCUT2D eigenvalue weighted by atomic mass is 10.3. The fourth-order valence-corrected chi connectivity index (χ4v) is 2.75. The molecular formula is C10H15FN4O2S. The zero-order chi connectivity index (χ0) is 13.3. The maximum absolute atomic E-state index is 13.5. The first-order chi connectivity index (χ1) is 8.39. The van der Waals surface area contributed by atoms with Gasteiger partial charge in [0, 0.05) is 26.2 Å². The van der Waals surface area contributed by atoms with E-state index in [9.17, 15) is 12.8 Å². The summed E-state index contributed by atoms with van der Waals surface area (Å²) in [5.41, 5.74) is 0. The standard InChI is InChI=1S/C10H15FN4O2S/c1-14(18(2,16)17)8-3-4-15(6-8)10-9(11)5-12-7-13-10/h5,7-8H,3-4,6H2,1-2H3. The second kappa shape index (κ2) is 4.77. The molecule has 1 aliphatic rings. The number of aromatic nitrogens is 2. The lowest BCUT2D eigenvalue weighted by molar-refractivity contribution is 0.393. The van der Waals surface area contributed by atoms with Crippen LogP contribution in [0.15, 0.2) is 12.5 Å². The molecule has 0 aliphatic carbocycles. The van der Waals surface area contributed by atoms with Crippen molar-refractivity contribution >= 4 is 15.8 Å². The lowest BCUT2D eigenvalue weighted by Crippen LogP contribution is -2.38. The molecule has 0 radical (unpaired) electrons. The molecule has 6 nitrogen and oxygen atoms in total. The van der Waals surface area contributed by atoms with Crippen molar-refractivity contribution in [2.75, 3.05) is 31.3 Å². The molecule has 1 atom stereocenters. The van der Waals surface area contributed by atoms with Crippen LogP contribution in [0.5, 0.6) is 0 Å². The molecule has 1 fully saturated rings. The summed E-state index contributed by atoms with van der Waals surface area (Å²) in [7, 11) is -1.68. The van der Waals surface area contributed by atoms with E-state index in [2.05, 4.69) is 9.97 Å². The maximum Gasteiger partial charge on any atom is 0.211 e. The van der Waals surface area contributed by atoms with Gasteiger partial charge in [-0.1, -0.05) is 0 Å². The van der Waals surface area contributed by atoms with Crippen molar-refractivity contribution < 1.29 is 12.8 Å². The van der Waals surface area contributed by atoms with E-state index in [1.807, 2.05) is 0 Å². The Labute approximate surface area is 106 Å². The van der Waals surface area contributed by atoms with Gasteiger partial charge in [-0.25, -0.2) is 27.1 Å². The quantitative estimate of drug-likeness (QED) is 0.781. The minimum absolute atomic E-state index is 0.144. The maximum atomic E-state index is 13.5. The van der Waals surface area contributed by atoms with Crippen LogP contribution in [0.1, 0.15) is 6.42 Å². The summed E-state index contributed by atoms with van der Waals surface area (Å²) < 4.78 is 37.7. The third-order valence-electron chi connectivity index (χ3n) is 3.15. The van der Waals surface area contributed by atoms with Crippen molar-refractivity contribution in [3.63, 3.8) is 0 Å². The highest BCUT2D eigenvalue weighted by Crippen LogP contribution is 2.23. The number of hydrogen-bond donors (Lipinski definition) is 0. The molecule has 1 aromatic rings. The largest absolute Gasteiger partial charge is 0.352 e. The van der Waals surface area contributed by atoms with Crippen molar-refractivity contribution in [1.82, 2.24) is 14.3 Å². The molecule has 2 rings (SSSR count). The number of rotatable bonds is 3. The average Bonchev–Trinajstić information content (AvgIpc) is 2.76. The Morgan fingerprint density at radius 1 is 1.56 bits per heavy atom. The van der Waals surface area contributed by atoms with Gasteiger partial charge in [0.15, 0.2) is 11.6 Å². The van der Waals surface area contributed by atoms with E-state index < -0.39 is 15.8 Å². The summed E-state index contributed by atoms with van der Waals surface area (Å²) in [6.07, 6.45) is 4.22. The molecule has 8 heteroatoms. The molecule has 1 saturated heterocycles. The number of likely N-dealkylation sites (N-methyl/N-ethyl adjacent to an activating group) is 1. The van der Waals surface area contributed by atoms with Crippen LogP contribution in [0.2, 0.25) is 0 Å². The fourth-order valence-electron chi connectivity index (χ4n) is 2.04. The monoisotopic (exact) mass is 274 g/mol. The fraction of sp³-hybridized carbons (Fsp3) is 0.600. The van der Waals surface area contributed by atoms with Crippen molar-refractivity contribution in [3.8, 4) is 0 Å². The van der Waals surface area contributed by atoms with Gasteiger partial charge in [-0.05, 0) is 6.42 Å². The van der Waals surface area contributed by atoms with Gasteiger partial charge in [0.25, 0.3) is 0 Å². The normalized spacial score (nSPS) is 20.7. The molecule has 0 spiro atoms. The summed E-state index contributed by atoms with van der Waals surface area (Å²) in [6, 6.07) is -0.144. The topological polar surface area (TPSA) is 66.4 Å². The summed E-state index contributed by atoms with van der Waals surface area (Å²) in [4.78, 5) is 9.22. The molecule has 1 aromatic heterocycles. The van der Waals surface area contributed by atoms with Gasteiger partial charge in [-0.3, -0.25) is 0 Å². The van der Waals surface area contributed by atoms with Crippen LogP contribution in [0.4, 0.5) is 10.2 Å².